The maximum atomic E-state index is 12.6. The van der Waals surface area contributed by atoms with Crippen LogP contribution in [0.25, 0.3) is 0 Å². The van der Waals surface area contributed by atoms with Gasteiger partial charge in [0.05, 0.1) is 0 Å². The van der Waals surface area contributed by atoms with E-state index in [2.05, 4.69) is 15.5 Å². The van der Waals surface area contributed by atoms with E-state index in [1.54, 1.807) is 12.1 Å². The molecule has 0 saturated heterocycles. The predicted molar refractivity (Wildman–Crippen MR) is 59.3 cm³/mol. The van der Waals surface area contributed by atoms with Gasteiger partial charge in [0.2, 0.25) is 0 Å². The van der Waals surface area contributed by atoms with Crippen molar-refractivity contribution >= 4 is 11.8 Å². The Morgan fingerprint density at radius 1 is 1.41 bits per heavy atom. The number of halogens is 1. The summed E-state index contributed by atoms with van der Waals surface area (Å²) in [5.74, 6) is -0.916. The molecule has 1 aromatic carbocycles. The van der Waals surface area contributed by atoms with E-state index in [4.69, 9.17) is 5.11 Å². The van der Waals surface area contributed by atoms with Crippen molar-refractivity contribution in [3.05, 3.63) is 47.4 Å². The summed E-state index contributed by atoms with van der Waals surface area (Å²) in [4.78, 5) is 10.6. The fourth-order valence-corrected chi connectivity index (χ4v) is 1.32. The summed E-state index contributed by atoms with van der Waals surface area (Å²) in [6, 6.07) is 7.42. The molecule has 17 heavy (non-hydrogen) atoms. The van der Waals surface area contributed by atoms with E-state index in [0.29, 0.717) is 12.4 Å². The van der Waals surface area contributed by atoms with Gasteiger partial charge in [-0.3, -0.25) is 5.10 Å². The van der Waals surface area contributed by atoms with Crippen LogP contribution < -0.4 is 5.32 Å². The van der Waals surface area contributed by atoms with E-state index in [0.717, 1.165) is 5.56 Å². The monoisotopic (exact) mass is 235 g/mol. The lowest BCUT2D eigenvalue weighted by Crippen LogP contribution is -1.99. The fraction of sp³-hybridized carbons (Fsp3) is 0.0909. The van der Waals surface area contributed by atoms with E-state index >= 15 is 0 Å². The van der Waals surface area contributed by atoms with Gasteiger partial charge < -0.3 is 10.4 Å². The smallest absolute Gasteiger partial charge is 0.353 e. The van der Waals surface area contributed by atoms with Crippen LogP contribution in [0.5, 0.6) is 0 Å². The molecule has 0 atom stereocenters. The van der Waals surface area contributed by atoms with E-state index in [1.165, 1.54) is 18.2 Å². The maximum absolute atomic E-state index is 12.6. The number of nitrogens with one attached hydrogen (secondary N) is 2. The topological polar surface area (TPSA) is 78.0 Å². The number of H-pyrrole nitrogens is 1. The number of aromatic nitrogens is 2. The maximum Gasteiger partial charge on any atom is 0.353 e. The molecular weight excluding hydrogens is 225 g/mol. The molecule has 2 rings (SSSR count). The molecule has 0 aliphatic rings. The molecule has 2 aromatic rings. The summed E-state index contributed by atoms with van der Waals surface area (Å²) >= 11 is 0. The number of anilines is 1. The Hall–Kier alpha value is -2.37. The summed E-state index contributed by atoms with van der Waals surface area (Å²) in [5, 5.41) is 17.8. The number of aromatic carboxylic acids is 1. The molecule has 0 saturated carbocycles. The third-order valence-corrected chi connectivity index (χ3v) is 2.20. The first-order valence-electron chi connectivity index (χ1n) is 4.92. The zero-order chi connectivity index (χ0) is 12.3. The van der Waals surface area contributed by atoms with Crippen LogP contribution in [0.3, 0.4) is 0 Å². The number of rotatable bonds is 4. The lowest BCUT2D eigenvalue weighted by molar-refractivity contribution is 0.0690. The molecule has 0 bridgehead atoms. The molecule has 1 heterocycles. The van der Waals surface area contributed by atoms with Crippen LogP contribution in [-0.2, 0) is 6.54 Å². The second kappa shape index (κ2) is 4.65. The molecule has 3 N–H and O–H groups in total. The summed E-state index contributed by atoms with van der Waals surface area (Å²) < 4.78 is 12.6. The van der Waals surface area contributed by atoms with Crippen LogP contribution in [0.1, 0.15) is 16.1 Å². The van der Waals surface area contributed by atoms with Crippen molar-refractivity contribution in [2.75, 3.05) is 5.32 Å². The number of benzene rings is 1. The summed E-state index contributed by atoms with van der Waals surface area (Å²) in [5.41, 5.74) is 0.901. The van der Waals surface area contributed by atoms with Crippen molar-refractivity contribution in [3.63, 3.8) is 0 Å². The molecule has 6 heteroatoms. The van der Waals surface area contributed by atoms with Gasteiger partial charge in [-0.2, -0.15) is 5.10 Å². The molecule has 0 radical (unpaired) electrons. The van der Waals surface area contributed by atoms with Crippen LogP contribution in [0.4, 0.5) is 10.2 Å². The van der Waals surface area contributed by atoms with Crippen LogP contribution in [0, 0.1) is 5.82 Å². The molecule has 88 valence electrons. The number of aromatic amines is 1. The molecule has 0 spiro atoms. The lowest BCUT2D eigenvalue weighted by Gasteiger charge is -2.02. The van der Waals surface area contributed by atoms with Gasteiger partial charge in [0.15, 0.2) is 0 Å². The third-order valence-electron chi connectivity index (χ3n) is 2.20. The number of hydrogen-bond acceptors (Lipinski definition) is 3. The highest BCUT2D eigenvalue weighted by molar-refractivity contribution is 5.86. The van der Waals surface area contributed by atoms with Gasteiger partial charge in [-0.05, 0) is 17.7 Å². The van der Waals surface area contributed by atoms with E-state index in [9.17, 15) is 9.18 Å². The largest absolute Gasteiger partial charge is 0.477 e. The molecule has 0 aliphatic carbocycles. The first-order valence-corrected chi connectivity index (χ1v) is 4.92. The lowest BCUT2D eigenvalue weighted by atomic mass is 10.2. The van der Waals surface area contributed by atoms with Gasteiger partial charge >= 0.3 is 5.97 Å². The first kappa shape index (κ1) is 11.1. The standard InChI is InChI=1S/C11H10FN3O2/c12-8-3-1-7(2-4-8)6-13-10-5-9(11(16)17)14-15-10/h1-5H,6H2,(H,16,17)(H2,13,14,15). The third kappa shape index (κ3) is 2.81. The molecule has 0 unspecified atom stereocenters. The normalized spacial score (nSPS) is 10.2. The minimum atomic E-state index is -1.06. The van der Waals surface area contributed by atoms with Gasteiger partial charge in [-0.1, -0.05) is 12.1 Å². The van der Waals surface area contributed by atoms with Crippen LogP contribution in [0.15, 0.2) is 30.3 Å². The molecular formula is C11H10FN3O2. The van der Waals surface area contributed by atoms with Crippen molar-refractivity contribution < 1.29 is 14.3 Å². The number of hydrogen-bond donors (Lipinski definition) is 3. The van der Waals surface area contributed by atoms with Gasteiger partial charge in [0.25, 0.3) is 0 Å². The van der Waals surface area contributed by atoms with E-state index in [-0.39, 0.29) is 11.5 Å². The van der Waals surface area contributed by atoms with Crippen molar-refractivity contribution in [1.82, 2.24) is 10.2 Å². The van der Waals surface area contributed by atoms with Gasteiger partial charge in [0.1, 0.15) is 17.3 Å². The van der Waals surface area contributed by atoms with Crippen LogP contribution in [-0.4, -0.2) is 21.3 Å². The average Bonchev–Trinajstić information content (AvgIpc) is 2.77. The Morgan fingerprint density at radius 2 is 2.12 bits per heavy atom. The minimum absolute atomic E-state index is 0.0200. The highest BCUT2D eigenvalue weighted by atomic mass is 19.1. The predicted octanol–water partition coefficient (Wildman–Crippen LogP) is 1.86. The van der Waals surface area contributed by atoms with E-state index in [1.807, 2.05) is 0 Å². The van der Waals surface area contributed by atoms with Crippen molar-refractivity contribution in [2.45, 2.75) is 6.54 Å². The zero-order valence-electron chi connectivity index (χ0n) is 8.77. The summed E-state index contributed by atoms with van der Waals surface area (Å²) in [6.45, 7) is 0.449. The SMILES string of the molecule is O=C(O)c1cc(NCc2ccc(F)cc2)n[nH]1. The van der Waals surface area contributed by atoms with Gasteiger partial charge in [-0.15, -0.1) is 0 Å². The first-order chi connectivity index (χ1) is 8.15. The van der Waals surface area contributed by atoms with Crippen molar-refractivity contribution in [3.8, 4) is 0 Å². The molecule has 0 amide bonds. The minimum Gasteiger partial charge on any atom is -0.477 e. The van der Waals surface area contributed by atoms with Crippen LogP contribution >= 0.6 is 0 Å². The average molecular weight is 235 g/mol. The second-order valence-corrected chi connectivity index (χ2v) is 3.45. The number of carboxylic acids is 1. The Balaban J connectivity index is 1.97. The number of carboxylic acid groups (broad SMARTS) is 1. The summed E-state index contributed by atoms with van der Waals surface area (Å²) in [6.07, 6.45) is 0. The highest BCUT2D eigenvalue weighted by Gasteiger charge is 2.06. The van der Waals surface area contributed by atoms with Crippen molar-refractivity contribution in [2.24, 2.45) is 0 Å². The molecule has 0 fully saturated rings. The Kier molecular flexibility index (Phi) is 3.04. The van der Waals surface area contributed by atoms with Gasteiger partial charge in [0, 0.05) is 12.6 Å². The summed E-state index contributed by atoms with van der Waals surface area (Å²) in [7, 11) is 0. The molecule has 1 aromatic heterocycles. The Bertz CT molecular complexity index is 522. The Morgan fingerprint density at radius 3 is 2.71 bits per heavy atom. The number of carbonyl (C=O) groups is 1. The second-order valence-electron chi connectivity index (χ2n) is 3.45. The van der Waals surface area contributed by atoms with E-state index < -0.39 is 5.97 Å². The quantitative estimate of drug-likeness (QED) is 0.755. The number of nitrogens with zero attached hydrogens (tertiary/aromatic N) is 1. The fourth-order valence-electron chi connectivity index (χ4n) is 1.32. The highest BCUT2D eigenvalue weighted by Crippen LogP contribution is 2.08. The molecule has 0 aliphatic heterocycles. The Labute approximate surface area is 96.3 Å². The van der Waals surface area contributed by atoms with Crippen LogP contribution in [0.2, 0.25) is 0 Å². The van der Waals surface area contributed by atoms with Gasteiger partial charge in [-0.25, -0.2) is 9.18 Å². The zero-order valence-corrected chi connectivity index (χ0v) is 8.77. The molecule has 5 nitrogen and oxygen atoms in total. The van der Waals surface area contributed by atoms with Crippen molar-refractivity contribution in [1.29, 1.82) is 0 Å².